The summed E-state index contributed by atoms with van der Waals surface area (Å²) in [6.45, 7) is -0.0924. The van der Waals surface area contributed by atoms with Gasteiger partial charge in [-0.3, -0.25) is 13.9 Å². The standard InChI is InChI=1S/C18H18N2O5/c1-24-15-8-13-14(9-16(15)25-2)20(11-17(21)22)18(23)19(13)10-12-6-4-3-5-7-12/h3-9H,10-11H2,1-2H3,(H,21,22). The molecule has 3 aromatic rings. The molecule has 0 spiro atoms. The van der Waals surface area contributed by atoms with Crippen LogP contribution in [0.15, 0.2) is 47.3 Å². The Hall–Kier alpha value is -3.22. The van der Waals surface area contributed by atoms with E-state index in [1.165, 1.54) is 23.4 Å². The van der Waals surface area contributed by atoms with Crippen LogP contribution in [-0.4, -0.2) is 34.4 Å². The van der Waals surface area contributed by atoms with Crippen LogP contribution in [0.25, 0.3) is 11.0 Å². The van der Waals surface area contributed by atoms with Crippen molar-refractivity contribution in [1.82, 2.24) is 9.13 Å². The number of aliphatic carboxylic acids is 1. The van der Waals surface area contributed by atoms with Gasteiger partial charge in [0, 0.05) is 12.1 Å². The van der Waals surface area contributed by atoms with Gasteiger partial charge in [0.2, 0.25) is 0 Å². The second-order valence-electron chi connectivity index (χ2n) is 5.53. The SMILES string of the molecule is COc1cc2c(cc1OC)n(Cc1ccccc1)c(=O)n2CC(=O)O. The molecule has 0 radical (unpaired) electrons. The molecule has 1 N–H and O–H groups in total. The fourth-order valence-corrected chi connectivity index (χ4v) is 2.85. The van der Waals surface area contributed by atoms with Crippen molar-refractivity contribution in [2.45, 2.75) is 13.1 Å². The van der Waals surface area contributed by atoms with Gasteiger partial charge in [-0.05, 0) is 5.56 Å². The molecule has 0 unspecified atom stereocenters. The molecule has 1 heterocycles. The molecule has 0 amide bonds. The summed E-state index contributed by atoms with van der Waals surface area (Å²) in [6.07, 6.45) is 0. The smallest absolute Gasteiger partial charge is 0.329 e. The van der Waals surface area contributed by atoms with E-state index in [4.69, 9.17) is 14.6 Å². The topological polar surface area (TPSA) is 82.7 Å². The van der Waals surface area contributed by atoms with Gasteiger partial charge >= 0.3 is 11.7 Å². The van der Waals surface area contributed by atoms with Gasteiger partial charge in [0.1, 0.15) is 6.54 Å². The number of methoxy groups -OCH3 is 2. The molecule has 2 aromatic carbocycles. The first-order valence-corrected chi connectivity index (χ1v) is 7.66. The van der Waals surface area contributed by atoms with Gasteiger partial charge in [-0.2, -0.15) is 0 Å². The van der Waals surface area contributed by atoms with Crippen molar-refractivity contribution < 1.29 is 19.4 Å². The van der Waals surface area contributed by atoms with Gasteiger partial charge < -0.3 is 14.6 Å². The maximum Gasteiger partial charge on any atom is 0.329 e. The van der Waals surface area contributed by atoms with Crippen LogP contribution in [0.2, 0.25) is 0 Å². The van der Waals surface area contributed by atoms with E-state index in [2.05, 4.69) is 0 Å². The Morgan fingerprint density at radius 2 is 1.56 bits per heavy atom. The Bertz CT molecular complexity index is 973. The molecule has 130 valence electrons. The highest BCUT2D eigenvalue weighted by atomic mass is 16.5. The summed E-state index contributed by atoms with van der Waals surface area (Å²) >= 11 is 0. The lowest BCUT2D eigenvalue weighted by Gasteiger charge is -2.09. The largest absolute Gasteiger partial charge is 0.493 e. The zero-order valence-corrected chi connectivity index (χ0v) is 13.9. The minimum atomic E-state index is -1.09. The minimum absolute atomic E-state index is 0.332. The molecule has 0 aliphatic carbocycles. The Kier molecular flexibility index (Phi) is 4.47. The van der Waals surface area contributed by atoms with Crippen LogP contribution in [0, 0.1) is 0 Å². The van der Waals surface area contributed by atoms with E-state index in [9.17, 15) is 9.59 Å². The lowest BCUT2D eigenvalue weighted by molar-refractivity contribution is -0.137. The first-order chi connectivity index (χ1) is 12.0. The molecule has 0 aliphatic heterocycles. The van der Waals surface area contributed by atoms with Gasteiger partial charge in [0.25, 0.3) is 0 Å². The lowest BCUT2D eigenvalue weighted by atomic mass is 10.2. The van der Waals surface area contributed by atoms with Crippen LogP contribution in [-0.2, 0) is 17.9 Å². The van der Waals surface area contributed by atoms with E-state index in [0.29, 0.717) is 29.1 Å². The number of benzene rings is 2. The van der Waals surface area contributed by atoms with Gasteiger partial charge in [-0.15, -0.1) is 0 Å². The molecule has 25 heavy (non-hydrogen) atoms. The summed E-state index contributed by atoms with van der Waals surface area (Å²) in [7, 11) is 3.00. The second-order valence-corrected chi connectivity index (χ2v) is 5.53. The maximum absolute atomic E-state index is 12.8. The van der Waals surface area contributed by atoms with Crippen LogP contribution < -0.4 is 15.2 Å². The van der Waals surface area contributed by atoms with Crippen molar-refractivity contribution in [3.63, 3.8) is 0 Å². The predicted octanol–water partition coefficient (Wildman–Crippen LogP) is 1.95. The van der Waals surface area contributed by atoms with E-state index < -0.39 is 18.2 Å². The van der Waals surface area contributed by atoms with Crippen molar-refractivity contribution in [3.05, 3.63) is 58.5 Å². The number of aromatic nitrogens is 2. The first kappa shape index (κ1) is 16.6. The fraction of sp³-hybridized carbons (Fsp3) is 0.222. The Balaban J connectivity index is 2.25. The number of hydrogen-bond donors (Lipinski definition) is 1. The lowest BCUT2D eigenvalue weighted by Crippen LogP contribution is -2.27. The van der Waals surface area contributed by atoms with Crippen molar-refractivity contribution in [2.24, 2.45) is 0 Å². The number of carboxylic acids is 1. The van der Waals surface area contributed by atoms with Crippen LogP contribution in [0.4, 0.5) is 0 Å². The molecule has 0 bridgehead atoms. The summed E-state index contributed by atoms with van der Waals surface area (Å²) in [5, 5.41) is 9.15. The predicted molar refractivity (Wildman–Crippen MR) is 92.5 cm³/mol. The zero-order valence-electron chi connectivity index (χ0n) is 13.9. The molecular formula is C18H18N2O5. The molecule has 0 saturated carbocycles. The summed E-state index contributed by atoms with van der Waals surface area (Å²) in [4.78, 5) is 24.0. The molecule has 0 saturated heterocycles. The van der Waals surface area contributed by atoms with E-state index >= 15 is 0 Å². The van der Waals surface area contributed by atoms with Crippen molar-refractivity contribution in [2.75, 3.05) is 14.2 Å². The average molecular weight is 342 g/mol. The van der Waals surface area contributed by atoms with Gasteiger partial charge in [0.05, 0.1) is 31.8 Å². The molecule has 7 heteroatoms. The fourth-order valence-electron chi connectivity index (χ4n) is 2.85. The zero-order chi connectivity index (χ0) is 18.0. The van der Waals surface area contributed by atoms with Crippen LogP contribution in [0.1, 0.15) is 5.56 Å². The summed E-state index contributed by atoms with van der Waals surface area (Å²) < 4.78 is 13.4. The third-order valence-electron chi connectivity index (χ3n) is 4.00. The Labute approximate surface area is 143 Å². The monoisotopic (exact) mass is 342 g/mol. The van der Waals surface area contributed by atoms with Gasteiger partial charge in [-0.1, -0.05) is 30.3 Å². The number of carboxylic acid groups (broad SMARTS) is 1. The van der Waals surface area contributed by atoms with Crippen molar-refractivity contribution in [1.29, 1.82) is 0 Å². The van der Waals surface area contributed by atoms with Crippen LogP contribution >= 0.6 is 0 Å². The second kappa shape index (κ2) is 6.72. The van der Waals surface area contributed by atoms with Crippen LogP contribution in [0.5, 0.6) is 11.5 Å². The average Bonchev–Trinajstić information content (AvgIpc) is 2.86. The highest BCUT2D eigenvalue weighted by Gasteiger charge is 2.19. The van der Waals surface area contributed by atoms with E-state index in [0.717, 1.165) is 5.56 Å². The van der Waals surface area contributed by atoms with Crippen molar-refractivity contribution >= 4 is 17.0 Å². The number of fused-ring (bicyclic) bond motifs is 1. The number of imidazole rings is 1. The highest BCUT2D eigenvalue weighted by Crippen LogP contribution is 2.32. The van der Waals surface area contributed by atoms with Gasteiger partial charge in [-0.25, -0.2) is 4.79 Å². The molecule has 3 rings (SSSR count). The van der Waals surface area contributed by atoms with Crippen molar-refractivity contribution in [3.8, 4) is 11.5 Å². The van der Waals surface area contributed by atoms with Gasteiger partial charge in [0.15, 0.2) is 11.5 Å². The Morgan fingerprint density at radius 1 is 1.00 bits per heavy atom. The molecule has 0 atom stereocenters. The van der Waals surface area contributed by atoms with E-state index in [1.807, 2.05) is 30.3 Å². The third-order valence-corrected chi connectivity index (χ3v) is 4.00. The first-order valence-electron chi connectivity index (χ1n) is 7.66. The molecule has 0 aliphatic rings. The number of ether oxygens (including phenoxy) is 2. The number of hydrogen-bond acceptors (Lipinski definition) is 4. The molecule has 1 aromatic heterocycles. The maximum atomic E-state index is 12.8. The summed E-state index contributed by atoms with van der Waals surface area (Å²) in [5.41, 5.74) is 1.62. The van der Waals surface area contributed by atoms with E-state index in [1.54, 1.807) is 12.1 Å². The molecule has 0 fully saturated rings. The highest BCUT2D eigenvalue weighted by molar-refractivity contribution is 5.82. The summed E-state index contributed by atoms with van der Waals surface area (Å²) in [5.74, 6) is -0.175. The Morgan fingerprint density at radius 3 is 2.08 bits per heavy atom. The minimum Gasteiger partial charge on any atom is -0.493 e. The molecule has 7 nitrogen and oxygen atoms in total. The van der Waals surface area contributed by atoms with Crippen LogP contribution in [0.3, 0.4) is 0 Å². The quantitative estimate of drug-likeness (QED) is 0.740. The number of rotatable bonds is 6. The van der Waals surface area contributed by atoms with E-state index in [-0.39, 0.29) is 0 Å². The third kappa shape index (κ3) is 3.08. The summed E-state index contributed by atoms with van der Waals surface area (Å²) in [6, 6.07) is 12.8. The normalized spacial score (nSPS) is 10.8. The number of nitrogens with zero attached hydrogens (tertiary/aromatic N) is 2. The molecular weight excluding hydrogens is 324 g/mol. The number of carbonyl (C=O) groups is 1.